The van der Waals surface area contributed by atoms with Crippen molar-refractivity contribution in [1.29, 1.82) is 0 Å². The monoisotopic (exact) mass is 497 g/mol. The van der Waals surface area contributed by atoms with Crippen LogP contribution in [-0.2, 0) is 4.74 Å². The van der Waals surface area contributed by atoms with E-state index in [0.29, 0.717) is 24.0 Å². The second-order valence-corrected chi connectivity index (χ2v) is 8.12. The summed E-state index contributed by atoms with van der Waals surface area (Å²) >= 11 is 0. The summed E-state index contributed by atoms with van der Waals surface area (Å²) in [6.07, 6.45) is 1.12. The van der Waals surface area contributed by atoms with Gasteiger partial charge >= 0.3 is 0 Å². The van der Waals surface area contributed by atoms with E-state index in [2.05, 4.69) is 67.0 Å². The second-order valence-electron chi connectivity index (χ2n) is 8.12. The Kier molecular flexibility index (Phi) is 14.8. The number of hydrogen-bond acceptors (Lipinski definition) is 4. The summed E-state index contributed by atoms with van der Waals surface area (Å²) in [6, 6.07) is 1.69. The molecule has 0 amide bonds. The Hall–Kier alpha value is -0.120. The zero-order valence-corrected chi connectivity index (χ0v) is 21.0. The van der Waals surface area contributed by atoms with Crippen LogP contribution in [-0.4, -0.2) is 86.9 Å². The summed E-state index contributed by atoms with van der Waals surface area (Å²) in [5.41, 5.74) is 0. The Balaban J connectivity index is 0.00000676. The molecule has 1 unspecified atom stereocenters. The van der Waals surface area contributed by atoms with Gasteiger partial charge in [0.15, 0.2) is 5.96 Å². The van der Waals surface area contributed by atoms with Crippen molar-refractivity contribution in [1.82, 2.24) is 20.4 Å². The van der Waals surface area contributed by atoms with Gasteiger partial charge in [0, 0.05) is 57.9 Å². The molecule has 1 heterocycles. The largest absolute Gasteiger partial charge is 0.379 e. The Labute approximate surface area is 184 Å². The van der Waals surface area contributed by atoms with Crippen molar-refractivity contribution >= 4 is 29.9 Å². The minimum atomic E-state index is 0. The Bertz CT molecular complexity index is 390. The fourth-order valence-electron chi connectivity index (χ4n) is 3.70. The first-order valence-corrected chi connectivity index (χ1v) is 10.4. The number of guanidine groups is 1. The molecule has 1 aliphatic heterocycles. The molecule has 7 heteroatoms. The van der Waals surface area contributed by atoms with E-state index in [1.807, 2.05) is 7.05 Å². The van der Waals surface area contributed by atoms with Gasteiger partial charge in [0.1, 0.15) is 0 Å². The maximum atomic E-state index is 5.49. The molecule has 0 aromatic heterocycles. The molecule has 1 saturated heterocycles. The van der Waals surface area contributed by atoms with E-state index in [-0.39, 0.29) is 24.0 Å². The van der Waals surface area contributed by atoms with Crippen molar-refractivity contribution in [3.05, 3.63) is 0 Å². The predicted octanol–water partition coefficient (Wildman–Crippen LogP) is 2.64. The number of aliphatic imine (C=N–C) groups is 1. The molecule has 1 atom stereocenters. The number of ether oxygens (including phenoxy) is 1. The fraction of sp³-hybridized carbons (Fsp3) is 0.950. The predicted molar refractivity (Wildman–Crippen MR) is 127 cm³/mol. The van der Waals surface area contributed by atoms with Crippen LogP contribution in [0.15, 0.2) is 4.99 Å². The lowest BCUT2D eigenvalue weighted by Gasteiger charge is -2.37. The van der Waals surface area contributed by atoms with Gasteiger partial charge in [-0.3, -0.25) is 14.8 Å². The molecule has 2 N–H and O–H groups in total. The lowest BCUT2D eigenvalue weighted by atomic mass is 10.0. The molecule has 0 saturated carbocycles. The van der Waals surface area contributed by atoms with E-state index in [0.717, 1.165) is 58.3 Å². The first kappa shape index (κ1) is 26.9. The molecule has 0 radical (unpaired) electrons. The fourth-order valence-corrected chi connectivity index (χ4v) is 3.70. The van der Waals surface area contributed by atoms with Crippen LogP contribution in [0.5, 0.6) is 0 Å². The van der Waals surface area contributed by atoms with Gasteiger partial charge in [-0.25, -0.2) is 0 Å². The standard InChI is InChI=1S/C20H43N5O.HI/c1-16(2)19(24-11-13-26-14-12-24)15-23-20(21-7)22-9-8-10-25(17(3)4)18(5)6;/h16-19H,8-15H2,1-7H3,(H2,21,22,23);1H. The van der Waals surface area contributed by atoms with Gasteiger partial charge in [-0.1, -0.05) is 13.8 Å². The van der Waals surface area contributed by atoms with Crippen LogP contribution >= 0.6 is 24.0 Å². The molecule has 162 valence electrons. The SMILES string of the molecule is CN=C(NCCCN(C(C)C)C(C)C)NCC(C(C)C)N1CCOCC1.I. The van der Waals surface area contributed by atoms with Crippen LogP contribution in [0, 0.1) is 5.92 Å². The van der Waals surface area contributed by atoms with Crippen molar-refractivity contribution < 1.29 is 4.74 Å². The third-order valence-electron chi connectivity index (χ3n) is 5.20. The van der Waals surface area contributed by atoms with E-state index in [4.69, 9.17) is 4.74 Å². The van der Waals surface area contributed by atoms with Crippen LogP contribution in [0.2, 0.25) is 0 Å². The summed E-state index contributed by atoms with van der Waals surface area (Å²) in [5, 5.41) is 6.99. The van der Waals surface area contributed by atoms with Crippen molar-refractivity contribution in [3.63, 3.8) is 0 Å². The van der Waals surface area contributed by atoms with Gasteiger partial charge < -0.3 is 15.4 Å². The van der Waals surface area contributed by atoms with E-state index in [1.54, 1.807) is 0 Å². The number of nitrogens with one attached hydrogen (secondary N) is 2. The lowest BCUT2D eigenvalue weighted by Crippen LogP contribution is -2.52. The average Bonchev–Trinajstić information content (AvgIpc) is 2.59. The molecule has 1 fully saturated rings. The van der Waals surface area contributed by atoms with Gasteiger partial charge in [0.25, 0.3) is 0 Å². The lowest BCUT2D eigenvalue weighted by molar-refractivity contribution is 0.00752. The molecule has 6 nitrogen and oxygen atoms in total. The van der Waals surface area contributed by atoms with Gasteiger partial charge in [-0.05, 0) is 40.0 Å². The molecule has 1 aliphatic rings. The third-order valence-corrected chi connectivity index (χ3v) is 5.20. The topological polar surface area (TPSA) is 52.1 Å². The zero-order valence-electron chi connectivity index (χ0n) is 18.6. The third kappa shape index (κ3) is 10.3. The number of rotatable bonds is 10. The highest BCUT2D eigenvalue weighted by atomic mass is 127. The first-order valence-electron chi connectivity index (χ1n) is 10.4. The summed E-state index contributed by atoms with van der Waals surface area (Å²) < 4.78 is 5.49. The number of nitrogens with zero attached hydrogens (tertiary/aromatic N) is 3. The molecule has 27 heavy (non-hydrogen) atoms. The highest BCUT2D eigenvalue weighted by Gasteiger charge is 2.23. The number of halogens is 1. The minimum Gasteiger partial charge on any atom is -0.379 e. The van der Waals surface area contributed by atoms with E-state index >= 15 is 0 Å². The van der Waals surface area contributed by atoms with Crippen LogP contribution in [0.1, 0.15) is 48.0 Å². The highest BCUT2D eigenvalue weighted by molar-refractivity contribution is 14.0. The number of morpholine rings is 1. The smallest absolute Gasteiger partial charge is 0.191 e. The van der Waals surface area contributed by atoms with Crippen LogP contribution in [0.25, 0.3) is 0 Å². The molecule has 0 aromatic carbocycles. The van der Waals surface area contributed by atoms with Gasteiger partial charge in [0.05, 0.1) is 13.2 Å². The maximum Gasteiger partial charge on any atom is 0.191 e. The summed E-state index contributed by atoms with van der Waals surface area (Å²) in [5.74, 6) is 1.51. The van der Waals surface area contributed by atoms with E-state index in [9.17, 15) is 0 Å². The molecule has 0 spiro atoms. The molecule has 0 aliphatic carbocycles. The van der Waals surface area contributed by atoms with Crippen LogP contribution in [0.4, 0.5) is 0 Å². The Morgan fingerprint density at radius 1 is 1.04 bits per heavy atom. The van der Waals surface area contributed by atoms with Gasteiger partial charge in [-0.2, -0.15) is 0 Å². The van der Waals surface area contributed by atoms with Crippen molar-refractivity contribution in [3.8, 4) is 0 Å². The molecular formula is C20H44IN5O. The van der Waals surface area contributed by atoms with Crippen molar-refractivity contribution in [2.45, 2.75) is 66.1 Å². The maximum absolute atomic E-state index is 5.49. The molecule has 0 bridgehead atoms. The molecular weight excluding hydrogens is 453 g/mol. The summed E-state index contributed by atoms with van der Waals surface area (Å²) in [6.45, 7) is 20.4. The van der Waals surface area contributed by atoms with E-state index in [1.165, 1.54) is 0 Å². The molecule has 0 aromatic rings. The summed E-state index contributed by atoms with van der Waals surface area (Å²) in [7, 11) is 1.85. The van der Waals surface area contributed by atoms with E-state index < -0.39 is 0 Å². The quantitative estimate of drug-likeness (QED) is 0.210. The first-order chi connectivity index (χ1) is 12.4. The summed E-state index contributed by atoms with van der Waals surface area (Å²) in [4.78, 5) is 9.46. The second kappa shape index (κ2) is 14.8. The Morgan fingerprint density at radius 2 is 1.63 bits per heavy atom. The van der Waals surface area contributed by atoms with Gasteiger partial charge in [0.2, 0.25) is 0 Å². The van der Waals surface area contributed by atoms with Crippen LogP contribution < -0.4 is 10.6 Å². The van der Waals surface area contributed by atoms with Crippen molar-refractivity contribution in [2.75, 3.05) is 53.0 Å². The Morgan fingerprint density at radius 3 is 2.11 bits per heavy atom. The zero-order chi connectivity index (χ0) is 19.5. The van der Waals surface area contributed by atoms with Crippen LogP contribution in [0.3, 0.4) is 0 Å². The highest BCUT2D eigenvalue weighted by Crippen LogP contribution is 2.12. The molecule has 1 rings (SSSR count). The van der Waals surface area contributed by atoms with Gasteiger partial charge in [-0.15, -0.1) is 24.0 Å². The average molecular weight is 498 g/mol. The normalized spacial score (nSPS) is 17.5. The minimum absolute atomic E-state index is 0. The van der Waals surface area contributed by atoms with Crippen molar-refractivity contribution in [2.24, 2.45) is 10.9 Å². The number of hydrogen-bond donors (Lipinski definition) is 2.